The van der Waals surface area contributed by atoms with Crippen LogP contribution in [0.1, 0.15) is 0 Å². The summed E-state index contributed by atoms with van der Waals surface area (Å²) in [7, 11) is 0. The van der Waals surface area contributed by atoms with Gasteiger partial charge in [-0.2, -0.15) is 0 Å². The molecule has 4 heteroatoms. The molecule has 53 valence electrons. The Labute approximate surface area is 67.8 Å². The Balaban J connectivity index is 2.46. The number of hydrogen-bond acceptors (Lipinski definition) is 4. The number of hydrogen-bond donors (Lipinski definition) is 0. The smallest absolute Gasteiger partial charge is 0.116 e. The third kappa shape index (κ3) is 1.25. The van der Waals surface area contributed by atoms with Gasteiger partial charge >= 0.3 is 0 Å². The monoisotopic (exact) mass is 162 g/mol. The van der Waals surface area contributed by atoms with E-state index < -0.39 is 0 Å². The van der Waals surface area contributed by atoms with Crippen LogP contribution >= 0.6 is 11.3 Å². The molecule has 2 heterocycles. The van der Waals surface area contributed by atoms with Gasteiger partial charge in [0.15, 0.2) is 0 Å². The normalized spacial score (nSPS) is 9.82. The van der Waals surface area contributed by atoms with Gasteiger partial charge in [0.05, 0.1) is 23.1 Å². The number of aromatic nitrogens is 3. The van der Waals surface area contributed by atoms with Crippen LogP contribution in [0.15, 0.2) is 23.3 Å². The number of thiazole rings is 1. The summed E-state index contributed by atoms with van der Waals surface area (Å²) in [4.78, 5) is 11.8. The molecule has 0 atom stereocenters. The summed E-state index contributed by atoms with van der Waals surface area (Å²) >= 11 is 1.55. The van der Waals surface area contributed by atoms with Crippen molar-refractivity contribution < 1.29 is 0 Å². The summed E-state index contributed by atoms with van der Waals surface area (Å²) in [5.74, 6) is 0. The summed E-state index contributed by atoms with van der Waals surface area (Å²) < 4.78 is 0. The number of rotatable bonds is 1. The van der Waals surface area contributed by atoms with Gasteiger partial charge in [0, 0.05) is 5.38 Å². The molecule has 0 N–H and O–H groups in total. The van der Waals surface area contributed by atoms with Crippen molar-refractivity contribution in [3.05, 3.63) is 29.5 Å². The van der Waals surface area contributed by atoms with Crippen molar-refractivity contribution >= 4 is 11.3 Å². The molecule has 2 rings (SSSR count). The van der Waals surface area contributed by atoms with Crippen LogP contribution in [0.4, 0.5) is 0 Å². The van der Waals surface area contributed by atoms with Crippen LogP contribution < -0.4 is 0 Å². The zero-order chi connectivity index (χ0) is 7.52. The Morgan fingerprint density at radius 2 is 2.27 bits per heavy atom. The molecule has 0 spiro atoms. The quantitative estimate of drug-likeness (QED) is 0.636. The predicted molar refractivity (Wildman–Crippen MR) is 42.0 cm³/mol. The minimum absolute atomic E-state index is 0.821. The van der Waals surface area contributed by atoms with E-state index in [0.717, 1.165) is 11.4 Å². The van der Waals surface area contributed by atoms with E-state index in [4.69, 9.17) is 0 Å². The summed E-state index contributed by atoms with van der Waals surface area (Å²) in [6.45, 7) is 0. The van der Waals surface area contributed by atoms with Gasteiger partial charge in [-0.15, -0.1) is 11.3 Å². The highest BCUT2D eigenvalue weighted by molar-refractivity contribution is 7.07. The molecule has 2 aromatic heterocycles. The second kappa shape index (κ2) is 2.75. The van der Waals surface area contributed by atoms with Crippen molar-refractivity contribution in [2.24, 2.45) is 0 Å². The van der Waals surface area contributed by atoms with E-state index in [1.54, 1.807) is 22.9 Å². The van der Waals surface area contributed by atoms with Gasteiger partial charge in [-0.1, -0.05) is 0 Å². The lowest BCUT2D eigenvalue weighted by atomic mass is 10.3. The van der Waals surface area contributed by atoms with Gasteiger partial charge in [0.25, 0.3) is 0 Å². The molecule has 3 nitrogen and oxygen atoms in total. The molecule has 0 aliphatic rings. The van der Waals surface area contributed by atoms with E-state index in [-0.39, 0.29) is 0 Å². The van der Waals surface area contributed by atoms with Crippen LogP contribution in [0.5, 0.6) is 0 Å². The SMILES string of the molecule is [c]1cc(-c2cscn2)ncn1. The molecular formula is C7H4N3S. The fourth-order valence-electron chi connectivity index (χ4n) is 0.739. The predicted octanol–water partition coefficient (Wildman–Crippen LogP) is 1.40. The highest BCUT2D eigenvalue weighted by Crippen LogP contribution is 2.13. The van der Waals surface area contributed by atoms with Crippen molar-refractivity contribution in [3.63, 3.8) is 0 Å². The first-order chi connectivity index (χ1) is 5.47. The van der Waals surface area contributed by atoms with Crippen molar-refractivity contribution in [1.29, 1.82) is 0 Å². The minimum atomic E-state index is 0.821. The molecule has 0 fully saturated rings. The maximum atomic E-state index is 4.09. The van der Waals surface area contributed by atoms with Crippen molar-refractivity contribution in [2.45, 2.75) is 0 Å². The van der Waals surface area contributed by atoms with E-state index in [2.05, 4.69) is 21.1 Å². The molecule has 0 saturated carbocycles. The maximum Gasteiger partial charge on any atom is 0.116 e. The summed E-state index contributed by atoms with van der Waals surface area (Å²) in [6, 6.07) is 1.72. The lowest BCUT2D eigenvalue weighted by Crippen LogP contribution is -1.82. The average molecular weight is 162 g/mol. The van der Waals surface area contributed by atoms with E-state index in [0.29, 0.717) is 0 Å². The second-order valence-corrected chi connectivity index (χ2v) is 2.62. The summed E-state index contributed by atoms with van der Waals surface area (Å²) in [5, 5.41) is 1.94. The molecule has 1 radical (unpaired) electrons. The van der Waals surface area contributed by atoms with Gasteiger partial charge < -0.3 is 0 Å². The van der Waals surface area contributed by atoms with Crippen molar-refractivity contribution in [2.75, 3.05) is 0 Å². The van der Waals surface area contributed by atoms with Crippen molar-refractivity contribution in [1.82, 2.24) is 15.0 Å². The van der Waals surface area contributed by atoms with Gasteiger partial charge in [-0.25, -0.2) is 15.0 Å². The van der Waals surface area contributed by atoms with Crippen LogP contribution in [0.25, 0.3) is 11.4 Å². The lowest BCUT2D eigenvalue weighted by Gasteiger charge is -1.90. The molecule has 0 amide bonds. The Kier molecular flexibility index (Phi) is 1.61. The van der Waals surface area contributed by atoms with Gasteiger partial charge in [-0.05, 0) is 6.07 Å². The van der Waals surface area contributed by atoms with Crippen LogP contribution in [0.2, 0.25) is 0 Å². The maximum absolute atomic E-state index is 4.09. The zero-order valence-electron chi connectivity index (χ0n) is 5.56. The highest BCUT2D eigenvalue weighted by Gasteiger charge is 1.97. The van der Waals surface area contributed by atoms with Crippen LogP contribution in [-0.2, 0) is 0 Å². The largest absolute Gasteiger partial charge is 0.243 e. The third-order valence-corrected chi connectivity index (χ3v) is 1.81. The topological polar surface area (TPSA) is 38.7 Å². The van der Waals surface area contributed by atoms with Crippen LogP contribution in [0.3, 0.4) is 0 Å². The molecule has 0 aromatic carbocycles. The molecule has 0 bridgehead atoms. The number of nitrogens with zero attached hydrogens (tertiary/aromatic N) is 3. The Morgan fingerprint density at radius 3 is 2.91 bits per heavy atom. The lowest BCUT2D eigenvalue weighted by molar-refractivity contribution is 1.15. The fraction of sp³-hybridized carbons (Fsp3) is 0. The van der Waals surface area contributed by atoms with Crippen LogP contribution in [0, 0.1) is 6.20 Å². The Hall–Kier alpha value is -1.29. The standard InChI is InChI=1S/C7H4N3S/c1-2-8-4-9-6(1)7-3-11-5-10-7/h1,3-5H. The summed E-state index contributed by atoms with van der Waals surface area (Å²) in [5.41, 5.74) is 3.48. The zero-order valence-corrected chi connectivity index (χ0v) is 6.38. The summed E-state index contributed by atoms with van der Waals surface area (Å²) in [6.07, 6.45) is 4.17. The molecular weight excluding hydrogens is 158 g/mol. The van der Waals surface area contributed by atoms with Gasteiger partial charge in [0.1, 0.15) is 6.33 Å². The highest BCUT2D eigenvalue weighted by atomic mass is 32.1. The van der Waals surface area contributed by atoms with E-state index in [9.17, 15) is 0 Å². The second-order valence-electron chi connectivity index (χ2n) is 1.91. The third-order valence-electron chi connectivity index (χ3n) is 1.23. The van der Waals surface area contributed by atoms with Gasteiger partial charge in [-0.3, -0.25) is 0 Å². The first kappa shape index (κ1) is 6.42. The van der Waals surface area contributed by atoms with E-state index in [1.807, 2.05) is 5.38 Å². The Bertz CT molecular complexity index is 317. The molecule has 2 aromatic rings. The molecule has 0 aliphatic heterocycles. The molecule has 11 heavy (non-hydrogen) atoms. The van der Waals surface area contributed by atoms with E-state index >= 15 is 0 Å². The molecule has 0 saturated heterocycles. The van der Waals surface area contributed by atoms with Crippen molar-refractivity contribution in [3.8, 4) is 11.4 Å². The molecule has 0 aliphatic carbocycles. The molecule has 0 unspecified atom stereocenters. The first-order valence-electron chi connectivity index (χ1n) is 3.03. The first-order valence-corrected chi connectivity index (χ1v) is 3.98. The van der Waals surface area contributed by atoms with E-state index in [1.165, 1.54) is 6.33 Å². The van der Waals surface area contributed by atoms with Gasteiger partial charge in [0.2, 0.25) is 0 Å². The Morgan fingerprint density at radius 1 is 1.27 bits per heavy atom. The fourth-order valence-corrected chi connectivity index (χ4v) is 1.28. The minimum Gasteiger partial charge on any atom is -0.243 e. The van der Waals surface area contributed by atoms with Crippen LogP contribution in [-0.4, -0.2) is 15.0 Å². The average Bonchev–Trinajstić information content (AvgIpc) is 2.58.